The van der Waals surface area contributed by atoms with Crippen LogP contribution < -0.4 is 5.32 Å². The molecule has 1 aromatic rings. The maximum absolute atomic E-state index is 11.7. The quantitative estimate of drug-likeness (QED) is 0.724. The van der Waals surface area contributed by atoms with Crippen LogP contribution in [0, 0.1) is 0 Å². The normalized spacial score (nSPS) is 11.6. The molecule has 0 aliphatic heterocycles. The Hall–Kier alpha value is -1.88. The fourth-order valence-corrected chi connectivity index (χ4v) is 1.25. The zero-order valence-corrected chi connectivity index (χ0v) is 9.55. The van der Waals surface area contributed by atoms with Gasteiger partial charge in [0.25, 0.3) is 5.91 Å². The molecule has 5 nitrogen and oxygen atoms in total. The molecule has 1 rings (SSSR count). The van der Waals surface area contributed by atoms with Gasteiger partial charge in [-0.15, -0.1) is 0 Å². The zero-order chi connectivity index (χ0) is 12.7. The molecule has 92 valence electrons. The van der Waals surface area contributed by atoms with Crippen molar-refractivity contribution >= 4 is 11.9 Å². The van der Waals surface area contributed by atoms with Gasteiger partial charge in [0, 0.05) is 5.56 Å². The smallest absolute Gasteiger partial charge is 0.331 e. The van der Waals surface area contributed by atoms with Gasteiger partial charge in [-0.3, -0.25) is 4.79 Å². The minimum absolute atomic E-state index is 0.205. The summed E-state index contributed by atoms with van der Waals surface area (Å²) in [5.74, 6) is -1.06. The molecule has 0 aromatic heterocycles. The first-order valence-corrected chi connectivity index (χ1v) is 5.32. The van der Waals surface area contributed by atoms with Crippen LogP contribution in [0.25, 0.3) is 0 Å². The number of aliphatic hydroxyl groups is 1. The first-order chi connectivity index (χ1) is 8.19. The van der Waals surface area contributed by atoms with Crippen molar-refractivity contribution in [2.75, 3.05) is 13.2 Å². The highest BCUT2D eigenvalue weighted by atomic mass is 16.5. The summed E-state index contributed by atoms with van der Waals surface area (Å²) in [6.45, 7) is 1.37. The van der Waals surface area contributed by atoms with E-state index in [9.17, 15) is 9.59 Å². The molecule has 0 aliphatic carbocycles. The van der Waals surface area contributed by atoms with Gasteiger partial charge < -0.3 is 15.2 Å². The number of nitrogens with one attached hydrogen (secondary N) is 1. The minimum Gasteiger partial charge on any atom is -0.464 e. The van der Waals surface area contributed by atoms with Crippen molar-refractivity contribution in [2.45, 2.75) is 13.0 Å². The molecule has 1 aromatic carbocycles. The Balaban J connectivity index is 2.63. The van der Waals surface area contributed by atoms with Gasteiger partial charge in [-0.2, -0.15) is 0 Å². The third kappa shape index (κ3) is 3.88. The molecular weight excluding hydrogens is 222 g/mol. The van der Waals surface area contributed by atoms with E-state index in [4.69, 9.17) is 9.84 Å². The average Bonchev–Trinajstić information content (AvgIpc) is 2.37. The van der Waals surface area contributed by atoms with Crippen LogP contribution in [0.1, 0.15) is 17.3 Å². The maximum atomic E-state index is 11.7. The summed E-state index contributed by atoms with van der Waals surface area (Å²) in [7, 11) is 0. The predicted octanol–water partition coefficient (Wildman–Crippen LogP) is 0.340. The van der Waals surface area contributed by atoms with E-state index < -0.39 is 24.5 Å². The molecule has 1 amide bonds. The fourth-order valence-electron chi connectivity index (χ4n) is 1.25. The Morgan fingerprint density at radius 1 is 1.35 bits per heavy atom. The van der Waals surface area contributed by atoms with Crippen molar-refractivity contribution in [3.63, 3.8) is 0 Å². The minimum atomic E-state index is -1.03. The molecule has 0 fully saturated rings. The lowest BCUT2D eigenvalue weighted by molar-refractivity contribution is -0.146. The van der Waals surface area contributed by atoms with E-state index in [0.717, 1.165) is 0 Å². The topological polar surface area (TPSA) is 75.6 Å². The molecule has 0 saturated heterocycles. The van der Waals surface area contributed by atoms with Crippen LogP contribution in [0.3, 0.4) is 0 Å². The van der Waals surface area contributed by atoms with E-state index in [1.165, 1.54) is 0 Å². The lowest BCUT2D eigenvalue weighted by Gasteiger charge is -2.14. The second-order valence-corrected chi connectivity index (χ2v) is 3.33. The van der Waals surface area contributed by atoms with Gasteiger partial charge in [0.15, 0.2) is 6.04 Å². The maximum Gasteiger partial charge on any atom is 0.331 e. The average molecular weight is 237 g/mol. The summed E-state index contributed by atoms with van der Waals surface area (Å²) < 4.78 is 4.72. The van der Waals surface area contributed by atoms with Crippen LogP contribution >= 0.6 is 0 Å². The lowest BCUT2D eigenvalue weighted by Crippen LogP contribution is -2.44. The van der Waals surface area contributed by atoms with E-state index in [1.54, 1.807) is 37.3 Å². The molecule has 0 heterocycles. The standard InChI is InChI=1S/C12H15NO4/c1-2-17-12(16)10(8-14)13-11(15)9-6-4-3-5-7-9/h3-7,10,14H,2,8H2,1H3,(H,13,15)/t10-/m1/s1. The first-order valence-electron chi connectivity index (χ1n) is 5.32. The summed E-state index contributed by atoms with van der Waals surface area (Å²) in [6.07, 6.45) is 0. The Morgan fingerprint density at radius 3 is 2.53 bits per heavy atom. The SMILES string of the molecule is CCOC(=O)[C@@H](CO)NC(=O)c1ccccc1. The number of benzene rings is 1. The second-order valence-electron chi connectivity index (χ2n) is 3.33. The van der Waals surface area contributed by atoms with E-state index in [0.29, 0.717) is 5.56 Å². The first kappa shape index (κ1) is 13.2. The van der Waals surface area contributed by atoms with Crippen molar-refractivity contribution < 1.29 is 19.4 Å². The van der Waals surface area contributed by atoms with Gasteiger partial charge in [0.1, 0.15) is 0 Å². The van der Waals surface area contributed by atoms with E-state index in [2.05, 4.69) is 5.32 Å². The molecule has 0 bridgehead atoms. The van der Waals surface area contributed by atoms with Crippen molar-refractivity contribution in [2.24, 2.45) is 0 Å². The van der Waals surface area contributed by atoms with Gasteiger partial charge in [-0.25, -0.2) is 4.79 Å². The van der Waals surface area contributed by atoms with Crippen LogP contribution in [0.2, 0.25) is 0 Å². The Kier molecular flexibility index (Phi) is 5.16. The predicted molar refractivity (Wildman–Crippen MR) is 61.4 cm³/mol. The number of amides is 1. The van der Waals surface area contributed by atoms with Gasteiger partial charge in [0.05, 0.1) is 13.2 Å². The molecule has 2 N–H and O–H groups in total. The van der Waals surface area contributed by atoms with Crippen molar-refractivity contribution in [3.05, 3.63) is 35.9 Å². The van der Waals surface area contributed by atoms with Crippen LogP contribution in [0.15, 0.2) is 30.3 Å². The van der Waals surface area contributed by atoms with Gasteiger partial charge in [-0.1, -0.05) is 18.2 Å². The summed E-state index contributed by atoms with van der Waals surface area (Å²) in [6, 6.07) is 7.43. The highest BCUT2D eigenvalue weighted by Gasteiger charge is 2.21. The third-order valence-corrected chi connectivity index (χ3v) is 2.09. The Bertz CT molecular complexity index is 377. The van der Waals surface area contributed by atoms with Gasteiger partial charge in [0.2, 0.25) is 0 Å². The van der Waals surface area contributed by atoms with Crippen molar-refractivity contribution in [3.8, 4) is 0 Å². The number of aliphatic hydroxyl groups excluding tert-OH is 1. The molecule has 0 aliphatic rings. The largest absolute Gasteiger partial charge is 0.464 e. The summed E-state index contributed by atoms with van der Waals surface area (Å²) >= 11 is 0. The van der Waals surface area contributed by atoms with Crippen LogP contribution in [-0.4, -0.2) is 36.2 Å². The number of rotatable bonds is 5. The Labute approximate surface area is 99.4 Å². The number of hydrogen-bond acceptors (Lipinski definition) is 4. The van der Waals surface area contributed by atoms with Gasteiger partial charge in [-0.05, 0) is 19.1 Å². The van der Waals surface area contributed by atoms with Gasteiger partial charge >= 0.3 is 5.97 Å². The van der Waals surface area contributed by atoms with Crippen molar-refractivity contribution in [1.29, 1.82) is 0 Å². The number of ether oxygens (including phenoxy) is 1. The fraction of sp³-hybridized carbons (Fsp3) is 0.333. The van der Waals surface area contributed by atoms with Crippen molar-refractivity contribution in [1.82, 2.24) is 5.32 Å². The van der Waals surface area contributed by atoms with E-state index >= 15 is 0 Å². The van der Waals surface area contributed by atoms with Crippen LogP contribution in [0.4, 0.5) is 0 Å². The number of carbonyl (C=O) groups is 2. The van der Waals surface area contributed by atoms with Crippen LogP contribution in [0.5, 0.6) is 0 Å². The van der Waals surface area contributed by atoms with E-state index in [-0.39, 0.29) is 6.61 Å². The van der Waals surface area contributed by atoms with Crippen LogP contribution in [-0.2, 0) is 9.53 Å². The molecule has 0 spiro atoms. The number of carbonyl (C=O) groups excluding carboxylic acids is 2. The molecule has 17 heavy (non-hydrogen) atoms. The molecular formula is C12H15NO4. The van der Waals surface area contributed by atoms with E-state index in [1.807, 2.05) is 0 Å². The molecule has 1 atom stereocenters. The summed E-state index contributed by atoms with van der Waals surface area (Å²) in [5.41, 5.74) is 0.426. The monoisotopic (exact) mass is 237 g/mol. The highest BCUT2D eigenvalue weighted by Crippen LogP contribution is 1.99. The summed E-state index contributed by atoms with van der Waals surface area (Å²) in [5, 5.41) is 11.4. The number of esters is 1. The zero-order valence-electron chi connectivity index (χ0n) is 9.55. The Morgan fingerprint density at radius 2 is 2.00 bits per heavy atom. The molecule has 0 unspecified atom stereocenters. The second kappa shape index (κ2) is 6.65. The highest BCUT2D eigenvalue weighted by molar-refractivity contribution is 5.96. The number of hydrogen-bond donors (Lipinski definition) is 2. The molecule has 0 radical (unpaired) electrons. The lowest BCUT2D eigenvalue weighted by atomic mass is 10.2. The third-order valence-electron chi connectivity index (χ3n) is 2.09. The summed E-state index contributed by atoms with van der Waals surface area (Å²) in [4.78, 5) is 23.0. The molecule has 0 saturated carbocycles. The molecule has 5 heteroatoms.